The Kier molecular flexibility index (Phi) is 3.46. The number of amides is 2. The van der Waals surface area contributed by atoms with Gasteiger partial charge in [0.05, 0.1) is 13.7 Å². The molecule has 5 heteroatoms. The zero-order chi connectivity index (χ0) is 14.0. The Bertz CT molecular complexity index is 511. The van der Waals surface area contributed by atoms with Crippen LogP contribution in [0.25, 0.3) is 0 Å². The van der Waals surface area contributed by atoms with Gasteiger partial charge in [-0.3, -0.25) is 9.59 Å². The van der Waals surface area contributed by atoms with Crippen molar-refractivity contribution in [1.82, 2.24) is 10.2 Å². The number of rotatable bonds is 3. The standard InChI is InChI=1S/C14H18N2O3/c1-14(2)13(18)16(9-12(17)15-14)8-10-5-4-6-11(7-10)19-3/h4-7H,8-9H2,1-3H3,(H,15,17). The van der Waals surface area contributed by atoms with Crippen LogP contribution in [0.15, 0.2) is 24.3 Å². The van der Waals surface area contributed by atoms with E-state index in [0.717, 1.165) is 11.3 Å². The lowest BCUT2D eigenvalue weighted by atomic mass is 10.00. The molecule has 19 heavy (non-hydrogen) atoms. The summed E-state index contributed by atoms with van der Waals surface area (Å²) in [6.45, 7) is 3.93. The molecular formula is C14H18N2O3. The molecule has 2 amide bonds. The number of methoxy groups -OCH3 is 1. The highest BCUT2D eigenvalue weighted by Crippen LogP contribution is 2.18. The quantitative estimate of drug-likeness (QED) is 0.881. The molecule has 1 aliphatic rings. The van der Waals surface area contributed by atoms with Crippen LogP contribution in [-0.4, -0.2) is 35.9 Å². The van der Waals surface area contributed by atoms with E-state index in [0.29, 0.717) is 6.54 Å². The maximum absolute atomic E-state index is 12.2. The van der Waals surface area contributed by atoms with E-state index in [1.54, 1.807) is 25.9 Å². The molecular weight excluding hydrogens is 244 g/mol. The number of hydrogen-bond donors (Lipinski definition) is 1. The third-order valence-corrected chi connectivity index (χ3v) is 3.12. The maximum Gasteiger partial charge on any atom is 0.248 e. The van der Waals surface area contributed by atoms with Gasteiger partial charge in [-0.25, -0.2) is 0 Å². The average molecular weight is 262 g/mol. The van der Waals surface area contributed by atoms with Crippen molar-refractivity contribution in [2.45, 2.75) is 25.9 Å². The number of benzene rings is 1. The van der Waals surface area contributed by atoms with Crippen molar-refractivity contribution in [2.75, 3.05) is 13.7 Å². The van der Waals surface area contributed by atoms with E-state index < -0.39 is 5.54 Å². The Hall–Kier alpha value is -2.04. The third kappa shape index (κ3) is 2.86. The van der Waals surface area contributed by atoms with Crippen molar-refractivity contribution in [2.24, 2.45) is 0 Å². The van der Waals surface area contributed by atoms with Crippen molar-refractivity contribution < 1.29 is 14.3 Å². The van der Waals surface area contributed by atoms with Crippen LogP contribution in [0.5, 0.6) is 5.75 Å². The number of nitrogens with zero attached hydrogens (tertiary/aromatic N) is 1. The van der Waals surface area contributed by atoms with Gasteiger partial charge in [0.15, 0.2) is 0 Å². The molecule has 5 nitrogen and oxygen atoms in total. The van der Waals surface area contributed by atoms with Gasteiger partial charge in [0, 0.05) is 6.54 Å². The summed E-state index contributed by atoms with van der Waals surface area (Å²) in [5.74, 6) is 0.535. The molecule has 1 N–H and O–H groups in total. The lowest BCUT2D eigenvalue weighted by Gasteiger charge is -2.37. The Morgan fingerprint density at radius 2 is 2.11 bits per heavy atom. The maximum atomic E-state index is 12.2. The smallest absolute Gasteiger partial charge is 0.248 e. The lowest BCUT2D eigenvalue weighted by Crippen LogP contribution is -2.63. The second-order valence-electron chi connectivity index (χ2n) is 5.19. The summed E-state index contributed by atoms with van der Waals surface area (Å²) in [7, 11) is 1.60. The molecule has 0 atom stereocenters. The van der Waals surface area contributed by atoms with Gasteiger partial charge in [-0.05, 0) is 31.5 Å². The zero-order valence-electron chi connectivity index (χ0n) is 11.4. The minimum Gasteiger partial charge on any atom is -0.497 e. The minimum atomic E-state index is -0.839. The first-order chi connectivity index (χ1) is 8.92. The van der Waals surface area contributed by atoms with Crippen LogP contribution in [0, 0.1) is 0 Å². The Morgan fingerprint density at radius 1 is 1.37 bits per heavy atom. The van der Waals surface area contributed by atoms with Crippen molar-refractivity contribution >= 4 is 11.8 Å². The van der Waals surface area contributed by atoms with Gasteiger partial charge in [0.25, 0.3) is 0 Å². The highest BCUT2D eigenvalue weighted by atomic mass is 16.5. The molecule has 0 aliphatic carbocycles. The van der Waals surface area contributed by atoms with Crippen molar-refractivity contribution in [1.29, 1.82) is 0 Å². The van der Waals surface area contributed by atoms with Crippen molar-refractivity contribution in [3.63, 3.8) is 0 Å². The summed E-state index contributed by atoms with van der Waals surface area (Å²) in [4.78, 5) is 25.4. The number of nitrogens with one attached hydrogen (secondary N) is 1. The summed E-state index contributed by atoms with van der Waals surface area (Å²) >= 11 is 0. The molecule has 102 valence electrons. The van der Waals surface area contributed by atoms with Crippen LogP contribution < -0.4 is 10.1 Å². The summed E-state index contributed by atoms with van der Waals surface area (Å²) in [6, 6.07) is 7.49. The molecule has 1 aromatic rings. The van der Waals surface area contributed by atoms with Gasteiger partial charge in [-0.1, -0.05) is 12.1 Å². The van der Waals surface area contributed by atoms with E-state index in [9.17, 15) is 9.59 Å². The second kappa shape index (κ2) is 4.91. The number of carbonyl (C=O) groups is 2. The summed E-state index contributed by atoms with van der Waals surface area (Å²) in [6.07, 6.45) is 0. The molecule has 1 heterocycles. The SMILES string of the molecule is COc1cccc(CN2CC(=O)NC(C)(C)C2=O)c1. The molecule has 1 saturated heterocycles. The third-order valence-electron chi connectivity index (χ3n) is 3.12. The zero-order valence-corrected chi connectivity index (χ0v) is 11.4. The molecule has 0 saturated carbocycles. The van der Waals surface area contributed by atoms with Crippen molar-refractivity contribution in [3.05, 3.63) is 29.8 Å². The fourth-order valence-corrected chi connectivity index (χ4v) is 2.20. The van der Waals surface area contributed by atoms with Gasteiger partial charge >= 0.3 is 0 Å². The fraction of sp³-hybridized carbons (Fsp3) is 0.429. The molecule has 0 aromatic heterocycles. The highest BCUT2D eigenvalue weighted by molar-refractivity contribution is 5.97. The first-order valence-electron chi connectivity index (χ1n) is 6.16. The van der Waals surface area contributed by atoms with Gasteiger partial charge in [-0.2, -0.15) is 0 Å². The van der Waals surface area contributed by atoms with Gasteiger partial charge in [0.1, 0.15) is 11.3 Å². The van der Waals surface area contributed by atoms with Gasteiger partial charge in [0.2, 0.25) is 11.8 Å². The lowest BCUT2D eigenvalue weighted by molar-refractivity contribution is -0.148. The van der Waals surface area contributed by atoms with Gasteiger partial charge in [-0.15, -0.1) is 0 Å². The summed E-state index contributed by atoms with van der Waals surface area (Å²) in [5, 5.41) is 2.69. The Balaban J connectivity index is 2.17. The minimum absolute atomic E-state index is 0.0741. The van der Waals surface area contributed by atoms with E-state index >= 15 is 0 Å². The predicted octanol–water partition coefficient (Wildman–Crippen LogP) is 0.932. The predicted molar refractivity (Wildman–Crippen MR) is 70.6 cm³/mol. The van der Waals surface area contributed by atoms with Crippen LogP contribution in [0.4, 0.5) is 0 Å². The average Bonchev–Trinajstić information content (AvgIpc) is 2.35. The van der Waals surface area contributed by atoms with E-state index in [1.165, 1.54) is 0 Å². The Morgan fingerprint density at radius 3 is 2.79 bits per heavy atom. The molecule has 0 radical (unpaired) electrons. The fourth-order valence-electron chi connectivity index (χ4n) is 2.20. The van der Waals surface area contributed by atoms with Crippen LogP contribution in [-0.2, 0) is 16.1 Å². The van der Waals surface area contributed by atoms with Gasteiger partial charge < -0.3 is 15.0 Å². The van der Waals surface area contributed by atoms with Crippen LogP contribution in [0.1, 0.15) is 19.4 Å². The number of carbonyl (C=O) groups excluding carboxylic acids is 2. The molecule has 1 fully saturated rings. The van der Waals surface area contributed by atoms with E-state index in [1.807, 2.05) is 24.3 Å². The molecule has 0 unspecified atom stereocenters. The monoisotopic (exact) mass is 262 g/mol. The highest BCUT2D eigenvalue weighted by Gasteiger charge is 2.38. The first-order valence-corrected chi connectivity index (χ1v) is 6.16. The van der Waals surface area contributed by atoms with E-state index in [-0.39, 0.29) is 18.4 Å². The Labute approximate surface area is 112 Å². The van der Waals surface area contributed by atoms with Crippen LogP contribution in [0.2, 0.25) is 0 Å². The van der Waals surface area contributed by atoms with E-state index in [2.05, 4.69) is 5.32 Å². The molecule has 0 spiro atoms. The largest absolute Gasteiger partial charge is 0.497 e. The molecule has 0 bridgehead atoms. The molecule has 1 aromatic carbocycles. The van der Waals surface area contributed by atoms with E-state index in [4.69, 9.17) is 4.74 Å². The molecule has 1 aliphatic heterocycles. The normalized spacial score (nSPS) is 18.2. The number of piperazine rings is 1. The second-order valence-corrected chi connectivity index (χ2v) is 5.19. The first kappa shape index (κ1) is 13.4. The number of ether oxygens (including phenoxy) is 1. The summed E-state index contributed by atoms with van der Waals surface area (Å²) in [5.41, 5.74) is 0.104. The van der Waals surface area contributed by atoms with Crippen LogP contribution >= 0.6 is 0 Å². The molecule has 2 rings (SSSR count). The number of hydrogen-bond acceptors (Lipinski definition) is 3. The van der Waals surface area contributed by atoms with Crippen molar-refractivity contribution in [3.8, 4) is 5.75 Å². The topological polar surface area (TPSA) is 58.6 Å². The van der Waals surface area contributed by atoms with Crippen LogP contribution in [0.3, 0.4) is 0 Å². The summed E-state index contributed by atoms with van der Waals surface area (Å²) < 4.78 is 5.15.